The zero-order chi connectivity index (χ0) is 25.7. The third-order valence-electron chi connectivity index (χ3n) is 6.63. The van der Waals surface area contributed by atoms with Gasteiger partial charge in [0.2, 0.25) is 5.91 Å². The van der Waals surface area contributed by atoms with E-state index in [2.05, 4.69) is 0 Å². The van der Waals surface area contributed by atoms with Crippen LogP contribution >= 0.6 is 11.3 Å². The van der Waals surface area contributed by atoms with Crippen LogP contribution in [-0.4, -0.2) is 54.5 Å². The number of carbonyl (C=O) groups is 2. The van der Waals surface area contributed by atoms with Gasteiger partial charge in [-0.3, -0.25) is 9.59 Å². The Morgan fingerprint density at radius 2 is 1.94 bits per heavy atom. The maximum absolute atomic E-state index is 13.7. The highest BCUT2D eigenvalue weighted by Gasteiger charge is 2.34. The number of thiophene rings is 1. The quantitative estimate of drug-likeness (QED) is 0.390. The van der Waals surface area contributed by atoms with Gasteiger partial charge in [0.25, 0.3) is 5.91 Å². The fourth-order valence-corrected chi connectivity index (χ4v) is 5.34. The molecular weight excluding hydrogens is 479 g/mol. The van der Waals surface area contributed by atoms with Gasteiger partial charge in [0.15, 0.2) is 0 Å². The molecule has 0 saturated heterocycles. The van der Waals surface area contributed by atoms with Crippen LogP contribution in [0.4, 0.5) is 4.39 Å². The molecule has 2 heterocycles. The first-order valence-corrected chi connectivity index (χ1v) is 13.0. The molecule has 1 aromatic heterocycles. The van der Waals surface area contributed by atoms with Crippen molar-refractivity contribution in [2.75, 3.05) is 26.8 Å². The third-order valence-corrected chi connectivity index (χ3v) is 7.62. The van der Waals surface area contributed by atoms with Gasteiger partial charge in [-0.15, -0.1) is 11.3 Å². The highest BCUT2D eigenvalue weighted by molar-refractivity contribution is 7.10. The summed E-state index contributed by atoms with van der Waals surface area (Å²) in [5.74, 6) is 0.278. The van der Waals surface area contributed by atoms with Crippen LogP contribution in [0.25, 0.3) is 0 Å². The van der Waals surface area contributed by atoms with E-state index >= 15 is 0 Å². The fraction of sp³-hybridized carbons (Fsp3) is 0.357. The molecule has 3 aromatic rings. The lowest BCUT2D eigenvalue weighted by Gasteiger charge is -2.38. The summed E-state index contributed by atoms with van der Waals surface area (Å²) in [7, 11) is 1.56. The number of hydrogen-bond donors (Lipinski definition) is 0. The summed E-state index contributed by atoms with van der Waals surface area (Å²) < 4.78 is 24.9. The van der Waals surface area contributed by atoms with Crippen LogP contribution in [0, 0.1) is 5.82 Å². The maximum atomic E-state index is 13.7. The number of methoxy groups -OCH3 is 1. The van der Waals surface area contributed by atoms with Gasteiger partial charge in [0.1, 0.15) is 30.5 Å². The van der Waals surface area contributed by atoms with Crippen molar-refractivity contribution in [1.82, 2.24) is 9.80 Å². The molecule has 0 bridgehead atoms. The van der Waals surface area contributed by atoms with Crippen LogP contribution in [0.15, 0.2) is 60.0 Å². The minimum absolute atomic E-state index is 0.0407. The molecule has 0 spiro atoms. The van der Waals surface area contributed by atoms with E-state index < -0.39 is 0 Å². The van der Waals surface area contributed by atoms with Crippen molar-refractivity contribution in [3.8, 4) is 11.5 Å². The molecular formula is C28H31FN2O4S. The minimum atomic E-state index is -0.374. The van der Waals surface area contributed by atoms with Crippen LogP contribution in [-0.2, 0) is 11.2 Å². The van der Waals surface area contributed by atoms with Crippen LogP contribution in [0.3, 0.4) is 0 Å². The molecule has 36 heavy (non-hydrogen) atoms. The first-order valence-electron chi connectivity index (χ1n) is 12.1. The lowest BCUT2D eigenvalue weighted by atomic mass is 10.00. The summed E-state index contributed by atoms with van der Waals surface area (Å²) in [6.45, 7) is 4.64. The zero-order valence-electron chi connectivity index (χ0n) is 20.8. The van der Waals surface area contributed by atoms with Gasteiger partial charge in [-0.05, 0) is 67.1 Å². The molecule has 4 rings (SSSR count). The van der Waals surface area contributed by atoms with E-state index in [1.165, 1.54) is 17.0 Å². The Balaban J connectivity index is 1.55. The number of halogens is 1. The van der Waals surface area contributed by atoms with E-state index in [4.69, 9.17) is 9.47 Å². The van der Waals surface area contributed by atoms with E-state index in [1.807, 2.05) is 25.3 Å². The summed E-state index contributed by atoms with van der Waals surface area (Å²) >= 11 is 1.67. The van der Waals surface area contributed by atoms with Crippen molar-refractivity contribution in [3.05, 3.63) is 81.8 Å². The Labute approximate surface area is 215 Å². The number of ether oxygens (including phenoxy) is 2. The van der Waals surface area contributed by atoms with E-state index in [0.717, 1.165) is 12.0 Å². The van der Waals surface area contributed by atoms with Gasteiger partial charge >= 0.3 is 0 Å². The number of rotatable bonds is 9. The second kappa shape index (κ2) is 11.6. The van der Waals surface area contributed by atoms with Gasteiger partial charge in [-0.25, -0.2) is 4.39 Å². The lowest BCUT2D eigenvalue weighted by molar-refractivity contribution is -0.136. The summed E-state index contributed by atoms with van der Waals surface area (Å²) in [6, 6.07) is 14.5. The predicted molar refractivity (Wildman–Crippen MR) is 138 cm³/mol. The average molecular weight is 511 g/mol. The fourth-order valence-electron chi connectivity index (χ4n) is 4.41. The number of fused-ring (bicyclic) bond motifs is 1. The Morgan fingerprint density at radius 1 is 1.17 bits per heavy atom. The number of nitrogens with zero attached hydrogens (tertiary/aromatic N) is 2. The van der Waals surface area contributed by atoms with Crippen LogP contribution < -0.4 is 9.47 Å². The third kappa shape index (κ3) is 5.70. The van der Waals surface area contributed by atoms with Gasteiger partial charge in [0.05, 0.1) is 13.2 Å². The Bertz CT molecular complexity index is 1210. The normalized spacial score (nSPS) is 15.7. The molecule has 1 aliphatic heterocycles. The minimum Gasteiger partial charge on any atom is -0.497 e. The monoisotopic (exact) mass is 510 g/mol. The van der Waals surface area contributed by atoms with Gasteiger partial charge < -0.3 is 19.3 Å². The standard InChI is InChI=1S/C28H31FN2O4S/c1-4-19(2)31(28(33)20-7-5-9-22(15-20)34-3)17-27(32)30-13-11-26-24(12-14-36-26)25(30)18-35-23-10-6-8-21(29)16-23/h5-10,12,14-16,19,25H,4,11,13,17-18H2,1-3H3. The molecule has 0 radical (unpaired) electrons. The second-order valence-electron chi connectivity index (χ2n) is 8.84. The molecule has 2 aromatic carbocycles. The number of hydrogen-bond acceptors (Lipinski definition) is 5. The van der Waals surface area contributed by atoms with Crippen LogP contribution in [0.2, 0.25) is 0 Å². The lowest BCUT2D eigenvalue weighted by Crippen LogP contribution is -2.49. The van der Waals surface area contributed by atoms with Crippen molar-refractivity contribution >= 4 is 23.2 Å². The van der Waals surface area contributed by atoms with Crippen molar-refractivity contribution in [3.63, 3.8) is 0 Å². The van der Waals surface area contributed by atoms with Crippen molar-refractivity contribution < 1.29 is 23.5 Å². The van der Waals surface area contributed by atoms with Gasteiger partial charge in [-0.2, -0.15) is 0 Å². The summed E-state index contributed by atoms with van der Waals surface area (Å²) in [6.07, 6.45) is 1.46. The predicted octanol–water partition coefficient (Wildman–Crippen LogP) is 5.34. The second-order valence-corrected chi connectivity index (χ2v) is 9.84. The molecule has 0 N–H and O–H groups in total. The molecule has 8 heteroatoms. The van der Waals surface area contributed by atoms with Gasteiger partial charge in [0, 0.05) is 29.1 Å². The highest BCUT2D eigenvalue weighted by atomic mass is 32.1. The average Bonchev–Trinajstić information content (AvgIpc) is 3.38. The smallest absolute Gasteiger partial charge is 0.254 e. The first-order chi connectivity index (χ1) is 17.4. The van der Waals surface area contributed by atoms with E-state index in [1.54, 1.807) is 64.6 Å². The largest absolute Gasteiger partial charge is 0.497 e. The molecule has 6 nitrogen and oxygen atoms in total. The molecule has 2 atom stereocenters. The molecule has 0 aliphatic carbocycles. The number of amides is 2. The molecule has 2 unspecified atom stereocenters. The van der Waals surface area contributed by atoms with E-state index in [0.29, 0.717) is 30.0 Å². The summed E-state index contributed by atoms with van der Waals surface area (Å²) in [5, 5.41) is 2.02. The SMILES string of the molecule is CCC(C)N(CC(=O)N1CCc2sccc2C1COc1cccc(F)c1)C(=O)c1cccc(OC)c1. The molecule has 190 valence electrons. The van der Waals surface area contributed by atoms with Crippen molar-refractivity contribution in [2.45, 2.75) is 38.8 Å². The van der Waals surface area contributed by atoms with Crippen molar-refractivity contribution in [2.24, 2.45) is 0 Å². The van der Waals surface area contributed by atoms with Crippen LogP contribution in [0.1, 0.15) is 47.1 Å². The molecule has 2 amide bonds. The Kier molecular flexibility index (Phi) is 8.25. The molecule has 1 aliphatic rings. The van der Waals surface area contributed by atoms with E-state index in [9.17, 15) is 14.0 Å². The highest BCUT2D eigenvalue weighted by Crippen LogP contribution is 2.34. The maximum Gasteiger partial charge on any atom is 0.254 e. The molecule has 0 fully saturated rings. The first kappa shape index (κ1) is 25.7. The topological polar surface area (TPSA) is 59.1 Å². The Hall–Kier alpha value is -3.39. The van der Waals surface area contributed by atoms with Gasteiger partial charge in [-0.1, -0.05) is 19.1 Å². The van der Waals surface area contributed by atoms with Crippen molar-refractivity contribution in [1.29, 1.82) is 0 Å². The summed E-state index contributed by atoms with van der Waals surface area (Å²) in [4.78, 5) is 31.8. The summed E-state index contributed by atoms with van der Waals surface area (Å²) in [5.41, 5.74) is 1.53. The zero-order valence-corrected chi connectivity index (χ0v) is 21.6. The Morgan fingerprint density at radius 3 is 2.69 bits per heavy atom. The number of benzene rings is 2. The molecule has 0 saturated carbocycles. The van der Waals surface area contributed by atoms with E-state index in [-0.39, 0.29) is 42.9 Å². The number of carbonyl (C=O) groups excluding carboxylic acids is 2. The van der Waals surface area contributed by atoms with Crippen LogP contribution in [0.5, 0.6) is 11.5 Å².